The first kappa shape index (κ1) is 17.7. The summed E-state index contributed by atoms with van der Waals surface area (Å²) >= 11 is 0. The van der Waals surface area contributed by atoms with Gasteiger partial charge < -0.3 is 15.6 Å². The highest BCUT2D eigenvalue weighted by Gasteiger charge is 2.28. The summed E-state index contributed by atoms with van der Waals surface area (Å²) in [7, 11) is 0. The van der Waals surface area contributed by atoms with Crippen LogP contribution in [0, 0.1) is 0 Å². The SMILES string of the molecule is NCC(NC(=O)CCCc1nc(C2CC2)no1)c1ccc2ccccc2c1. The second-order valence-electron chi connectivity index (χ2n) is 7.14. The first-order chi connectivity index (χ1) is 13.2. The first-order valence-electron chi connectivity index (χ1n) is 9.53. The van der Waals surface area contributed by atoms with Crippen LogP contribution >= 0.6 is 0 Å². The van der Waals surface area contributed by atoms with Gasteiger partial charge in [0.05, 0.1) is 6.04 Å². The third-order valence-corrected chi connectivity index (χ3v) is 4.97. The molecular weight excluding hydrogens is 340 g/mol. The van der Waals surface area contributed by atoms with E-state index in [-0.39, 0.29) is 11.9 Å². The number of hydrogen-bond donors (Lipinski definition) is 2. The Balaban J connectivity index is 1.30. The average Bonchev–Trinajstić information content (AvgIpc) is 3.44. The van der Waals surface area contributed by atoms with Crippen molar-refractivity contribution < 1.29 is 9.32 Å². The molecule has 140 valence electrons. The van der Waals surface area contributed by atoms with E-state index in [4.69, 9.17) is 10.3 Å². The number of rotatable bonds is 8. The van der Waals surface area contributed by atoms with Crippen LogP contribution in [0.1, 0.15) is 54.9 Å². The lowest BCUT2D eigenvalue weighted by Gasteiger charge is -2.18. The minimum Gasteiger partial charge on any atom is -0.348 e. The molecule has 2 aromatic carbocycles. The summed E-state index contributed by atoms with van der Waals surface area (Å²) in [6.45, 7) is 0.360. The molecule has 1 amide bonds. The molecule has 0 radical (unpaired) electrons. The lowest BCUT2D eigenvalue weighted by atomic mass is 10.0. The molecule has 4 rings (SSSR count). The predicted octanol–water partition coefficient (Wildman–Crippen LogP) is 3.24. The largest absolute Gasteiger partial charge is 0.348 e. The molecule has 3 aromatic rings. The van der Waals surface area contributed by atoms with Crippen LogP contribution in [0.5, 0.6) is 0 Å². The van der Waals surface area contributed by atoms with Crippen LogP contribution in [-0.2, 0) is 11.2 Å². The van der Waals surface area contributed by atoms with Gasteiger partial charge in [0.1, 0.15) is 0 Å². The van der Waals surface area contributed by atoms with E-state index in [0.717, 1.165) is 29.6 Å². The second-order valence-corrected chi connectivity index (χ2v) is 7.14. The highest BCUT2D eigenvalue weighted by Crippen LogP contribution is 2.38. The zero-order valence-corrected chi connectivity index (χ0v) is 15.2. The number of nitrogens with two attached hydrogens (primary N) is 1. The molecule has 1 fully saturated rings. The fraction of sp³-hybridized carbons (Fsp3) is 0.381. The van der Waals surface area contributed by atoms with E-state index in [1.165, 1.54) is 5.39 Å². The number of carbonyl (C=O) groups is 1. The standard InChI is InChI=1S/C21H24N4O2/c22-13-18(17-11-8-14-4-1-2-5-16(14)12-17)23-19(26)6-3-7-20-24-21(25-27-20)15-9-10-15/h1-2,4-5,8,11-12,15,18H,3,6-7,9-10,13,22H2,(H,23,26). The van der Waals surface area contributed by atoms with Gasteiger partial charge in [-0.15, -0.1) is 0 Å². The van der Waals surface area contributed by atoms with Gasteiger partial charge in [-0.3, -0.25) is 4.79 Å². The lowest BCUT2D eigenvalue weighted by molar-refractivity contribution is -0.121. The third kappa shape index (κ3) is 4.34. The van der Waals surface area contributed by atoms with Gasteiger partial charge in [0.2, 0.25) is 11.8 Å². The van der Waals surface area contributed by atoms with Crippen LogP contribution in [0.15, 0.2) is 47.0 Å². The summed E-state index contributed by atoms with van der Waals surface area (Å²) in [5.41, 5.74) is 6.93. The minimum absolute atomic E-state index is 0.0134. The number of nitrogens with zero attached hydrogens (tertiary/aromatic N) is 2. The molecule has 0 spiro atoms. The summed E-state index contributed by atoms with van der Waals surface area (Å²) in [5.74, 6) is 1.90. The molecule has 1 aliphatic carbocycles. The van der Waals surface area contributed by atoms with Crippen LogP contribution in [0.4, 0.5) is 0 Å². The van der Waals surface area contributed by atoms with Crippen molar-refractivity contribution in [2.45, 2.75) is 44.1 Å². The number of hydrogen-bond acceptors (Lipinski definition) is 5. The normalized spacial score (nSPS) is 15.0. The maximum Gasteiger partial charge on any atom is 0.226 e. The molecule has 6 heteroatoms. The van der Waals surface area contributed by atoms with Gasteiger partial charge in [0, 0.05) is 25.3 Å². The number of aromatic nitrogens is 2. The number of benzene rings is 2. The Hall–Kier alpha value is -2.73. The van der Waals surface area contributed by atoms with Crippen LogP contribution in [-0.4, -0.2) is 22.6 Å². The summed E-state index contributed by atoms with van der Waals surface area (Å²) in [6, 6.07) is 14.1. The highest BCUT2D eigenvalue weighted by atomic mass is 16.5. The van der Waals surface area contributed by atoms with Crippen molar-refractivity contribution in [2.75, 3.05) is 6.54 Å². The molecular formula is C21H24N4O2. The summed E-state index contributed by atoms with van der Waals surface area (Å²) in [4.78, 5) is 16.7. The number of amides is 1. The molecule has 1 heterocycles. The van der Waals surface area contributed by atoms with E-state index in [2.05, 4.69) is 39.7 Å². The third-order valence-electron chi connectivity index (χ3n) is 4.97. The lowest BCUT2D eigenvalue weighted by Crippen LogP contribution is -2.33. The number of fused-ring (bicyclic) bond motifs is 1. The highest BCUT2D eigenvalue weighted by molar-refractivity contribution is 5.83. The molecule has 1 atom stereocenters. The van der Waals surface area contributed by atoms with Gasteiger partial charge in [-0.05, 0) is 41.7 Å². The summed E-state index contributed by atoms with van der Waals surface area (Å²) < 4.78 is 5.25. The van der Waals surface area contributed by atoms with E-state index < -0.39 is 0 Å². The maximum absolute atomic E-state index is 12.3. The van der Waals surface area contributed by atoms with Gasteiger partial charge in [-0.1, -0.05) is 41.6 Å². The molecule has 0 saturated heterocycles. The number of nitrogens with one attached hydrogen (secondary N) is 1. The summed E-state index contributed by atoms with van der Waals surface area (Å²) in [5, 5.41) is 9.35. The monoisotopic (exact) mass is 364 g/mol. The Kier molecular flexibility index (Phi) is 5.16. The topological polar surface area (TPSA) is 94.0 Å². The van der Waals surface area contributed by atoms with Crippen molar-refractivity contribution >= 4 is 16.7 Å². The molecule has 1 unspecified atom stereocenters. The number of carbonyl (C=O) groups excluding carboxylic acids is 1. The van der Waals surface area contributed by atoms with Gasteiger partial charge in [-0.2, -0.15) is 4.98 Å². The Morgan fingerprint density at radius 1 is 1.22 bits per heavy atom. The number of aryl methyl sites for hydroxylation is 1. The van der Waals surface area contributed by atoms with Crippen molar-refractivity contribution in [1.82, 2.24) is 15.5 Å². The Bertz CT molecular complexity index is 933. The second kappa shape index (κ2) is 7.88. The average molecular weight is 364 g/mol. The van der Waals surface area contributed by atoms with Gasteiger partial charge >= 0.3 is 0 Å². The Labute approximate surface area is 158 Å². The molecule has 1 saturated carbocycles. The van der Waals surface area contributed by atoms with Gasteiger partial charge in [0.15, 0.2) is 5.82 Å². The van der Waals surface area contributed by atoms with Gasteiger partial charge in [-0.25, -0.2) is 0 Å². The Morgan fingerprint density at radius 2 is 2.04 bits per heavy atom. The minimum atomic E-state index is -0.188. The van der Waals surface area contributed by atoms with Crippen LogP contribution < -0.4 is 11.1 Å². The van der Waals surface area contributed by atoms with E-state index >= 15 is 0 Å². The zero-order valence-electron chi connectivity index (χ0n) is 15.2. The van der Waals surface area contributed by atoms with Crippen molar-refractivity contribution in [1.29, 1.82) is 0 Å². The molecule has 0 bridgehead atoms. The maximum atomic E-state index is 12.3. The van der Waals surface area contributed by atoms with Gasteiger partial charge in [0.25, 0.3) is 0 Å². The molecule has 1 aliphatic rings. The van der Waals surface area contributed by atoms with Crippen molar-refractivity contribution in [2.24, 2.45) is 5.73 Å². The van der Waals surface area contributed by atoms with Crippen LogP contribution in [0.3, 0.4) is 0 Å². The summed E-state index contributed by atoms with van der Waals surface area (Å²) in [6.07, 6.45) is 4.00. The molecule has 27 heavy (non-hydrogen) atoms. The van der Waals surface area contributed by atoms with E-state index in [1.807, 2.05) is 18.2 Å². The van der Waals surface area contributed by atoms with Crippen molar-refractivity contribution in [3.8, 4) is 0 Å². The first-order valence-corrected chi connectivity index (χ1v) is 9.53. The smallest absolute Gasteiger partial charge is 0.226 e. The molecule has 1 aromatic heterocycles. The molecule has 3 N–H and O–H groups in total. The van der Waals surface area contributed by atoms with E-state index in [1.54, 1.807) is 0 Å². The Morgan fingerprint density at radius 3 is 2.81 bits per heavy atom. The van der Waals surface area contributed by atoms with Crippen molar-refractivity contribution in [3.05, 3.63) is 59.7 Å². The van der Waals surface area contributed by atoms with Crippen molar-refractivity contribution in [3.63, 3.8) is 0 Å². The molecule has 6 nitrogen and oxygen atoms in total. The fourth-order valence-electron chi connectivity index (χ4n) is 3.25. The quantitative estimate of drug-likeness (QED) is 0.640. The van der Waals surface area contributed by atoms with E-state index in [0.29, 0.717) is 37.6 Å². The fourth-order valence-corrected chi connectivity index (χ4v) is 3.25. The predicted molar refractivity (Wildman–Crippen MR) is 103 cm³/mol. The zero-order chi connectivity index (χ0) is 18.6. The van der Waals surface area contributed by atoms with E-state index in [9.17, 15) is 4.79 Å². The molecule has 0 aliphatic heterocycles. The van der Waals surface area contributed by atoms with Crippen LogP contribution in [0.2, 0.25) is 0 Å². The van der Waals surface area contributed by atoms with Crippen LogP contribution in [0.25, 0.3) is 10.8 Å².